The number of alkyl halides is 3. The fraction of sp³-hybridized carbons (Fsp3) is 0.519. The van der Waals surface area contributed by atoms with E-state index in [2.05, 4.69) is 10.2 Å². The van der Waals surface area contributed by atoms with E-state index in [0.29, 0.717) is 31.5 Å². The zero-order valence-electron chi connectivity index (χ0n) is 22.3. The summed E-state index contributed by atoms with van der Waals surface area (Å²) in [6, 6.07) is 4.75. The first kappa shape index (κ1) is 30.8. The van der Waals surface area contributed by atoms with Gasteiger partial charge >= 0.3 is 11.7 Å². The number of benzene rings is 1. The van der Waals surface area contributed by atoms with Crippen LogP contribution in [0.3, 0.4) is 0 Å². The van der Waals surface area contributed by atoms with Gasteiger partial charge in [-0.15, -0.1) is 10.2 Å². The fourth-order valence-corrected chi connectivity index (χ4v) is 4.96. The van der Waals surface area contributed by atoms with Gasteiger partial charge in [-0.3, -0.25) is 14.4 Å². The Morgan fingerprint density at radius 2 is 1.70 bits per heavy atom. The number of aromatic nitrogens is 2. The Labute approximate surface area is 228 Å². The van der Waals surface area contributed by atoms with Crippen molar-refractivity contribution in [2.75, 3.05) is 19.6 Å². The number of carbonyl (C=O) groups is 3. The molecule has 2 N–H and O–H groups in total. The number of aromatic amines is 2. The van der Waals surface area contributed by atoms with E-state index in [9.17, 15) is 31.9 Å². The zero-order chi connectivity index (χ0) is 29.6. The van der Waals surface area contributed by atoms with Gasteiger partial charge in [0.05, 0.1) is 12.0 Å². The molecule has 1 saturated heterocycles. The minimum atomic E-state index is -5.19. The first-order chi connectivity index (χ1) is 18.8. The topological polar surface area (TPSA) is 128 Å². The van der Waals surface area contributed by atoms with E-state index in [-0.39, 0.29) is 29.6 Å². The van der Waals surface area contributed by atoms with E-state index in [1.165, 1.54) is 17.4 Å². The van der Waals surface area contributed by atoms with Crippen molar-refractivity contribution >= 4 is 17.8 Å². The third-order valence-electron chi connectivity index (χ3n) is 7.33. The third kappa shape index (κ3) is 7.66. The van der Waals surface area contributed by atoms with Crippen LogP contribution in [0.1, 0.15) is 71.3 Å². The highest BCUT2D eigenvalue weighted by molar-refractivity contribution is 5.97. The average Bonchev–Trinajstić information content (AvgIpc) is 3.11. The molecular weight excluding hydrogens is 536 g/mol. The first-order valence-electron chi connectivity index (χ1n) is 13.0. The van der Waals surface area contributed by atoms with Gasteiger partial charge in [0.25, 0.3) is 5.91 Å². The molecule has 1 saturated carbocycles. The number of carbonyl (C=O) groups excluding carboxylic acids is 3. The molecule has 0 spiro atoms. The predicted octanol–water partition coefficient (Wildman–Crippen LogP) is 1.84. The van der Waals surface area contributed by atoms with Gasteiger partial charge < -0.3 is 19.7 Å². The molecule has 9 nitrogen and oxygen atoms in total. The van der Waals surface area contributed by atoms with Crippen molar-refractivity contribution in [3.63, 3.8) is 0 Å². The Morgan fingerprint density at radius 3 is 2.33 bits per heavy atom. The Morgan fingerprint density at radius 1 is 1.05 bits per heavy atom. The van der Waals surface area contributed by atoms with Crippen molar-refractivity contribution in [1.82, 2.24) is 14.9 Å². The van der Waals surface area contributed by atoms with Gasteiger partial charge in [-0.05, 0) is 50.8 Å². The number of nitrogens with one attached hydrogen (secondary N) is 2. The van der Waals surface area contributed by atoms with Crippen LogP contribution in [0, 0.1) is 19.7 Å². The first-order valence-corrected chi connectivity index (χ1v) is 13.0. The highest BCUT2D eigenvalue weighted by Crippen LogP contribution is 2.25. The molecule has 40 heavy (non-hydrogen) atoms. The monoisotopic (exact) mass is 568 g/mol. The number of nitrogens with zero attached hydrogens (tertiary/aromatic N) is 2. The summed E-state index contributed by atoms with van der Waals surface area (Å²) in [4.78, 5) is 50.2. The number of H-pyrrole nitrogens is 2. The summed E-state index contributed by atoms with van der Waals surface area (Å²) in [6.07, 6.45) is 1.46. The Kier molecular flexibility index (Phi) is 10.0. The van der Waals surface area contributed by atoms with Gasteiger partial charge in [-0.25, -0.2) is 4.39 Å². The van der Waals surface area contributed by atoms with E-state index in [0.717, 1.165) is 42.5 Å². The molecule has 0 bridgehead atoms. The molecule has 2 amide bonds. The normalized spacial score (nSPS) is 16.7. The van der Waals surface area contributed by atoms with Gasteiger partial charge in [-0.1, -0.05) is 25.3 Å². The number of hydrogen-bond donors (Lipinski definition) is 1. The van der Waals surface area contributed by atoms with Crippen molar-refractivity contribution in [3.05, 3.63) is 62.3 Å². The van der Waals surface area contributed by atoms with E-state index in [4.69, 9.17) is 9.90 Å². The number of aliphatic carboxylic acids is 1. The summed E-state index contributed by atoms with van der Waals surface area (Å²) < 4.78 is 46.2. The van der Waals surface area contributed by atoms with Crippen molar-refractivity contribution in [3.8, 4) is 0 Å². The second kappa shape index (κ2) is 13.1. The molecule has 2 fully saturated rings. The van der Waals surface area contributed by atoms with Crippen molar-refractivity contribution in [2.24, 2.45) is 0 Å². The second-order valence-electron chi connectivity index (χ2n) is 10.0. The Hall–Kier alpha value is -3.77. The smallest absolute Gasteiger partial charge is 0.430 e. The second-order valence-corrected chi connectivity index (χ2v) is 10.0. The predicted molar refractivity (Wildman–Crippen MR) is 132 cm³/mol. The third-order valence-corrected chi connectivity index (χ3v) is 7.33. The lowest BCUT2D eigenvalue weighted by Gasteiger charge is -2.33. The quantitative estimate of drug-likeness (QED) is 0.563. The SMILES string of the molecule is Cc1c(Cc2ccc(F)c(C(=O)N3CCCN(C4CCCCC4)C(=O)C3)c2)[nH+][nH]c(=O)c1C.O=C([O-])C(F)(F)F. The number of carboxylic acids is 1. The van der Waals surface area contributed by atoms with Crippen LogP contribution in [0.5, 0.6) is 0 Å². The maximum Gasteiger partial charge on any atom is 0.430 e. The summed E-state index contributed by atoms with van der Waals surface area (Å²) in [5.74, 6) is -4.10. The lowest BCUT2D eigenvalue weighted by Crippen LogP contribution is -2.45. The molecule has 1 aliphatic carbocycles. The molecule has 0 atom stereocenters. The lowest BCUT2D eigenvalue weighted by atomic mass is 9.94. The number of hydrogen-bond acceptors (Lipinski definition) is 5. The maximum absolute atomic E-state index is 14.7. The van der Waals surface area contributed by atoms with Crippen LogP contribution in [0.4, 0.5) is 17.6 Å². The molecule has 1 aromatic carbocycles. The van der Waals surface area contributed by atoms with Gasteiger partial charge in [0, 0.05) is 30.3 Å². The largest absolute Gasteiger partial charge is 0.542 e. The molecule has 13 heteroatoms. The zero-order valence-corrected chi connectivity index (χ0v) is 22.3. The molecule has 0 radical (unpaired) electrons. The van der Waals surface area contributed by atoms with Crippen LogP contribution in [0.2, 0.25) is 0 Å². The molecule has 218 valence electrons. The van der Waals surface area contributed by atoms with Crippen LogP contribution in [0.15, 0.2) is 23.0 Å². The molecule has 1 aliphatic heterocycles. The van der Waals surface area contributed by atoms with Crippen LogP contribution in [-0.2, 0) is 16.0 Å². The standard InChI is InChI=1S/C25H31FN4O3.C2HF3O2/c1-16-17(2)24(32)28-27-22(16)14-18-9-10-21(26)20(13-18)25(33)29-11-6-12-30(23(31)15-29)19-7-4-3-5-8-19;3-2(4,5)1(6)7/h9-10,13,19H,3-8,11-12,14-15H2,1-2H3,(H,28,32);(H,6,7). The molecule has 2 aliphatic rings. The minimum Gasteiger partial charge on any atom is -0.542 e. The Bertz CT molecular complexity index is 1300. The molecular formula is C27H32F4N4O5. The number of amides is 2. The van der Waals surface area contributed by atoms with Gasteiger partial charge in [0.1, 0.15) is 18.3 Å². The van der Waals surface area contributed by atoms with Crippen molar-refractivity contribution in [2.45, 2.75) is 71.0 Å². The number of rotatable bonds is 4. The summed E-state index contributed by atoms with van der Waals surface area (Å²) in [5, 5.41) is 14.3. The highest BCUT2D eigenvalue weighted by atomic mass is 19.4. The number of carboxylic acid groups (broad SMARTS) is 1. The van der Waals surface area contributed by atoms with Crippen molar-refractivity contribution < 1.29 is 42.2 Å². The minimum absolute atomic E-state index is 0.00892. The van der Waals surface area contributed by atoms with E-state index < -0.39 is 23.9 Å². The van der Waals surface area contributed by atoms with Crippen LogP contribution >= 0.6 is 0 Å². The maximum atomic E-state index is 14.7. The summed E-state index contributed by atoms with van der Waals surface area (Å²) in [6.45, 7) is 4.68. The van der Waals surface area contributed by atoms with E-state index in [1.807, 2.05) is 11.8 Å². The fourth-order valence-electron chi connectivity index (χ4n) is 4.96. The van der Waals surface area contributed by atoms with Gasteiger partial charge in [0.2, 0.25) is 11.6 Å². The molecule has 0 unspecified atom stereocenters. The molecule has 2 heterocycles. The van der Waals surface area contributed by atoms with Crippen molar-refractivity contribution in [1.29, 1.82) is 0 Å². The lowest BCUT2D eigenvalue weighted by molar-refractivity contribution is -0.467. The Balaban J connectivity index is 0.000000559. The van der Waals surface area contributed by atoms with Crippen LogP contribution < -0.4 is 15.8 Å². The van der Waals surface area contributed by atoms with Crippen LogP contribution in [-0.4, -0.2) is 64.5 Å². The summed E-state index contributed by atoms with van der Waals surface area (Å²) in [7, 11) is 0. The summed E-state index contributed by atoms with van der Waals surface area (Å²) >= 11 is 0. The van der Waals surface area contributed by atoms with Gasteiger partial charge in [-0.2, -0.15) is 13.2 Å². The molecule has 4 rings (SSSR count). The number of halogens is 4. The molecule has 2 aromatic rings. The molecule has 1 aromatic heterocycles. The average molecular weight is 569 g/mol. The highest BCUT2D eigenvalue weighted by Gasteiger charge is 2.31. The summed E-state index contributed by atoms with van der Waals surface area (Å²) in [5.41, 5.74) is 2.79. The van der Waals surface area contributed by atoms with E-state index >= 15 is 0 Å². The van der Waals surface area contributed by atoms with Gasteiger partial charge in [0.15, 0.2) is 0 Å². The van der Waals surface area contributed by atoms with E-state index in [1.54, 1.807) is 19.1 Å². The van der Waals surface area contributed by atoms with Crippen LogP contribution in [0.25, 0.3) is 0 Å².